The number of hydrogen-bond acceptors (Lipinski definition) is 3. The molecule has 2 rings (SSSR count). The van der Waals surface area contributed by atoms with Gasteiger partial charge in [0.25, 0.3) is 6.40 Å². The quantitative estimate of drug-likeness (QED) is 0.745. The Kier molecular flexibility index (Phi) is 3.22. The second-order valence-corrected chi connectivity index (χ2v) is 3.56. The standard InChI is InChI=1S/C12H15N2O/c1-2-14(8-11-9-15-10-13-11)12-6-4-3-5-7-12/h3-7,11H,2,8-9H2,1H3. The normalized spacial score (nSPS) is 18.9. The molecule has 1 radical (unpaired) electrons. The van der Waals surface area contributed by atoms with E-state index in [1.165, 1.54) is 5.69 Å². The monoisotopic (exact) mass is 203 g/mol. The Labute approximate surface area is 90.4 Å². The van der Waals surface area contributed by atoms with Crippen LogP contribution in [0.25, 0.3) is 0 Å². The Morgan fingerprint density at radius 2 is 2.27 bits per heavy atom. The molecule has 1 aromatic rings. The molecule has 0 fully saturated rings. The number of rotatable bonds is 4. The summed E-state index contributed by atoms with van der Waals surface area (Å²) in [4.78, 5) is 6.43. The number of aliphatic imine (C=N–C) groups is 1. The van der Waals surface area contributed by atoms with Crippen molar-refractivity contribution >= 4 is 12.1 Å². The topological polar surface area (TPSA) is 24.8 Å². The van der Waals surface area contributed by atoms with Gasteiger partial charge in [0.2, 0.25) is 0 Å². The third-order valence-electron chi connectivity index (χ3n) is 2.51. The van der Waals surface area contributed by atoms with Crippen LogP contribution in [0.2, 0.25) is 0 Å². The SMILES string of the molecule is CCN(CC1CO[C]=N1)c1ccccc1. The van der Waals surface area contributed by atoms with Crippen molar-refractivity contribution in [1.82, 2.24) is 0 Å². The van der Waals surface area contributed by atoms with E-state index < -0.39 is 0 Å². The highest BCUT2D eigenvalue weighted by Crippen LogP contribution is 2.14. The molecule has 0 saturated heterocycles. The van der Waals surface area contributed by atoms with Gasteiger partial charge in [0.05, 0.1) is 0 Å². The van der Waals surface area contributed by atoms with Crippen molar-refractivity contribution in [2.45, 2.75) is 13.0 Å². The molecular weight excluding hydrogens is 188 g/mol. The van der Waals surface area contributed by atoms with E-state index in [0.29, 0.717) is 6.61 Å². The van der Waals surface area contributed by atoms with E-state index >= 15 is 0 Å². The average Bonchev–Trinajstić information content (AvgIpc) is 2.80. The molecule has 1 aromatic carbocycles. The smallest absolute Gasteiger partial charge is 0.273 e. The summed E-state index contributed by atoms with van der Waals surface area (Å²) in [5.41, 5.74) is 1.24. The minimum atomic E-state index is 0.227. The van der Waals surface area contributed by atoms with E-state index in [2.05, 4.69) is 47.5 Å². The second kappa shape index (κ2) is 4.82. The van der Waals surface area contributed by atoms with Crippen LogP contribution in [0.3, 0.4) is 0 Å². The summed E-state index contributed by atoms with van der Waals surface area (Å²) in [7, 11) is 0. The van der Waals surface area contributed by atoms with Crippen LogP contribution in [0.15, 0.2) is 35.3 Å². The van der Waals surface area contributed by atoms with Crippen LogP contribution >= 0.6 is 0 Å². The lowest BCUT2D eigenvalue weighted by atomic mass is 10.2. The van der Waals surface area contributed by atoms with Crippen LogP contribution in [0, 0.1) is 0 Å². The molecule has 0 aliphatic carbocycles. The van der Waals surface area contributed by atoms with Crippen molar-refractivity contribution in [3.8, 4) is 0 Å². The Morgan fingerprint density at radius 1 is 1.47 bits per heavy atom. The van der Waals surface area contributed by atoms with E-state index in [9.17, 15) is 0 Å². The maximum atomic E-state index is 5.00. The predicted octanol–water partition coefficient (Wildman–Crippen LogP) is 1.82. The number of nitrogens with zero attached hydrogens (tertiary/aromatic N) is 2. The third kappa shape index (κ3) is 2.49. The summed E-state index contributed by atoms with van der Waals surface area (Å²) in [5, 5.41) is 0. The van der Waals surface area contributed by atoms with Crippen LogP contribution < -0.4 is 4.90 Å². The molecule has 0 bridgehead atoms. The summed E-state index contributed by atoms with van der Waals surface area (Å²) >= 11 is 0. The zero-order chi connectivity index (χ0) is 10.5. The first-order valence-corrected chi connectivity index (χ1v) is 5.26. The van der Waals surface area contributed by atoms with Crippen LogP contribution in [0.1, 0.15) is 6.92 Å². The lowest BCUT2D eigenvalue weighted by Crippen LogP contribution is -2.32. The van der Waals surface area contributed by atoms with E-state index in [1.54, 1.807) is 0 Å². The van der Waals surface area contributed by atoms with Crippen molar-refractivity contribution in [3.63, 3.8) is 0 Å². The molecule has 1 aliphatic heterocycles. The number of ether oxygens (including phenoxy) is 1. The van der Waals surface area contributed by atoms with Crippen LogP contribution in [0.5, 0.6) is 0 Å². The Balaban J connectivity index is 2.01. The van der Waals surface area contributed by atoms with Crippen molar-refractivity contribution < 1.29 is 4.74 Å². The fraction of sp³-hybridized carbons (Fsp3) is 0.417. The Morgan fingerprint density at radius 3 is 2.87 bits per heavy atom. The number of hydrogen-bond donors (Lipinski definition) is 0. The summed E-state index contributed by atoms with van der Waals surface area (Å²) in [5.74, 6) is 0. The van der Waals surface area contributed by atoms with Crippen molar-refractivity contribution in [2.24, 2.45) is 4.99 Å². The molecular formula is C12H15N2O. The minimum absolute atomic E-state index is 0.227. The molecule has 1 atom stereocenters. The van der Waals surface area contributed by atoms with Gasteiger partial charge in [-0.2, -0.15) is 0 Å². The maximum absolute atomic E-state index is 5.00. The molecule has 0 spiro atoms. The molecule has 79 valence electrons. The molecule has 1 heterocycles. The van der Waals surface area contributed by atoms with Gasteiger partial charge in [-0.1, -0.05) is 18.2 Å². The van der Waals surface area contributed by atoms with Gasteiger partial charge in [-0.05, 0) is 19.1 Å². The van der Waals surface area contributed by atoms with Gasteiger partial charge in [0, 0.05) is 18.8 Å². The number of para-hydroxylation sites is 1. The zero-order valence-corrected chi connectivity index (χ0v) is 8.89. The van der Waals surface area contributed by atoms with Gasteiger partial charge in [-0.15, -0.1) is 0 Å². The second-order valence-electron chi connectivity index (χ2n) is 3.56. The fourth-order valence-corrected chi connectivity index (χ4v) is 1.69. The predicted molar refractivity (Wildman–Crippen MR) is 61.5 cm³/mol. The van der Waals surface area contributed by atoms with Gasteiger partial charge in [0.1, 0.15) is 12.6 Å². The zero-order valence-electron chi connectivity index (χ0n) is 8.89. The Bertz CT molecular complexity index is 324. The van der Waals surface area contributed by atoms with Gasteiger partial charge in [-0.25, -0.2) is 4.99 Å². The van der Waals surface area contributed by atoms with Gasteiger partial charge in [0.15, 0.2) is 0 Å². The number of likely N-dealkylation sites (N-methyl/N-ethyl adjacent to an activating group) is 1. The van der Waals surface area contributed by atoms with E-state index in [4.69, 9.17) is 4.74 Å². The molecule has 1 unspecified atom stereocenters. The molecule has 1 aliphatic rings. The summed E-state index contributed by atoms with van der Waals surface area (Å²) in [6.07, 6.45) is 2.55. The molecule has 0 aromatic heterocycles. The molecule has 3 nitrogen and oxygen atoms in total. The number of benzene rings is 1. The highest BCUT2D eigenvalue weighted by atomic mass is 16.5. The van der Waals surface area contributed by atoms with Gasteiger partial charge in [-0.3, -0.25) is 0 Å². The first-order chi connectivity index (χ1) is 7.40. The first-order valence-electron chi connectivity index (χ1n) is 5.26. The van der Waals surface area contributed by atoms with Crippen LogP contribution in [-0.4, -0.2) is 32.1 Å². The van der Waals surface area contributed by atoms with Crippen molar-refractivity contribution in [2.75, 3.05) is 24.6 Å². The third-order valence-corrected chi connectivity index (χ3v) is 2.51. The molecule has 0 saturated carbocycles. The first kappa shape index (κ1) is 10.0. The lowest BCUT2D eigenvalue weighted by Gasteiger charge is -2.24. The van der Waals surface area contributed by atoms with Gasteiger partial charge < -0.3 is 9.64 Å². The molecule has 15 heavy (non-hydrogen) atoms. The van der Waals surface area contributed by atoms with E-state index in [1.807, 2.05) is 6.07 Å². The Hall–Kier alpha value is -1.51. The summed E-state index contributed by atoms with van der Waals surface area (Å²) in [6, 6.07) is 10.6. The molecule has 0 amide bonds. The molecule has 3 heteroatoms. The van der Waals surface area contributed by atoms with Crippen LogP contribution in [0.4, 0.5) is 5.69 Å². The van der Waals surface area contributed by atoms with Gasteiger partial charge >= 0.3 is 0 Å². The molecule has 0 N–H and O–H groups in total. The lowest BCUT2D eigenvalue weighted by molar-refractivity contribution is 0.328. The number of anilines is 1. The average molecular weight is 203 g/mol. The summed E-state index contributed by atoms with van der Waals surface area (Å²) < 4.78 is 5.00. The highest BCUT2D eigenvalue weighted by molar-refractivity contribution is 5.50. The minimum Gasteiger partial charge on any atom is -0.472 e. The largest absolute Gasteiger partial charge is 0.472 e. The highest BCUT2D eigenvalue weighted by Gasteiger charge is 2.16. The fourth-order valence-electron chi connectivity index (χ4n) is 1.69. The van der Waals surface area contributed by atoms with Crippen LogP contribution in [-0.2, 0) is 4.74 Å². The summed E-state index contributed by atoms with van der Waals surface area (Å²) in [6.45, 7) is 4.68. The van der Waals surface area contributed by atoms with Crippen molar-refractivity contribution in [3.05, 3.63) is 30.3 Å². The van der Waals surface area contributed by atoms with Crippen molar-refractivity contribution in [1.29, 1.82) is 0 Å². The van der Waals surface area contributed by atoms with E-state index in [-0.39, 0.29) is 6.04 Å². The van der Waals surface area contributed by atoms with E-state index in [0.717, 1.165) is 13.1 Å². The maximum Gasteiger partial charge on any atom is 0.273 e.